The van der Waals surface area contributed by atoms with Gasteiger partial charge in [0.25, 0.3) is 0 Å². The molecule has 2 aromatic heterocycles. The maximum Gasteiger partial charge on any atom is 0.411 e. The van der Waals surface area contributed by atoms with E-state index >= 15 is 0 Å². The van der Waals surface area contributed by atoms with Gasteiger partial charge in [-0.1, -0.05) is 6.08 Å². The first kappa shape index (κ1) is 27.7. The van der Waals surface area contributed by atoms with Gasteiger partial charge in [0.05, 0.1) is 30.3 Å². The normalized spacial score (nSPS) is 26.5. The number of halogens is 3. The lowest BCUT2D eigenvalue weighted by molar-refractivity contribution is -0.136. The molecule has 2 aliphatic heterocycles. The average molecular weight is 550 g/mol. The second-order valence-electron chi connectivity index (χ2n) is 12.3. The third kappa shape index (κ3) is 6.18. The number of alkyl halides is 3. The summed E-state index contributed by atoms with van der Waals surface area (Å²) in [7, 11) is 0. The molecule has 3 aliphatic rings. The van der Waals surface area contributed by atoms with Gasteiger partial charge in [0.2, 0.25) is 5.95 Å². The van der Waals surface area contributed by atoms with E-state index in [4.69, 9.17) is 4.74 Å². The van der Waals surface area contributed by atoms with Crippen LogP contribution in [0.4, 0.5) is 23.9 Å². The standard InChI is InChI=1S/C28H38F3N5O3/c1-16(14-28(29,30)31)33-25-32-15-24-22(13-23(36(24)34-25)17-5-9-21(37)10-6-17)18-11-19-7-8-20(12-18)35(19)26(38)39-27(2,3)4/h11,13,15-17,19-21,37H,5-10,12,14H2,1-4H3,(H,33,34)/t16-,17?,19+,20-,21?/m0/s1. The fourth-order valence-corrected chi connectivity index (χ4v) is 6.25. The van der Waals surface area contributed by atoms with Gasteiger partial charge in [-0.05, 0) is 84.3 Å². The lowest BCUT2D eigenvalue weighted by Gasteiger charge is -2.35. The SMILES string of the molecule is C[C@@H](CC(F)(F)F)Nc1ncc2c(C3=C[C@H]4CC[C@@H](C3)N4C(=O)OC(C)(C)C)cc(C3CCC(O)CC3)n2n1. The van der Waals surface area contributed by atoms with Crippen molar-refractivity contribution in [3.05, 3.63) is 29.6 Å². The number of aliphatic hydroxyl groups is 1. The van der Waals surface area contributed by atoms with E-state index in [0.29, 0.717) is 19.3 Å². The van der Waals surface area contributed by atoms with Crippen molar-refractivity contribution in [3.63, 3.8) is 0 Å². The number of fused-ring (bicyclic) bond motifs is 3. The van der Waals surface area contributed by atoms with Crippen molar-refractivity contribution in [2.75, 3.05) is 5.32 Å². The molecule has 2 N–H and O–H groups in total. The molecule has 4 heterocycles. The Hall–Kier alpha value is -2.82. The van der Waals surface area contributed by atoms with E-state index in [2.05, 4.69) is 27.5 Å². The van der Waals surface area contributed by atoms with Crippen LogP contribution >= 0.6 is 0 Å². The highest BCUT2D eigenvalue weighted by Gasteiger charge is 2.42. The maximum absolute atomic E-state index is 12.9. The molecule has 1 amide bonds. The minimum absolute atomic E-state index is 0.0400. The molecule has 1 saturated carbocycles. The molecule has 0 spiro atoms. The summed E-state index contributed by atoms with van der Waals surface area (Å²) in [6, 6.07) is 1.24. The molecule has 0 unspecified atom stereocenters. The maximum atomic E-state index is 12.9. The predicted molar refractivity (Wildman–Crippen MR) is 141 cm³/mol. The number of carbonyl (C=O) groups excluding carboxylic acids is 1. The summed E-state index contributed by atoms with van der Waals surface area (Å²) in [6.07, 6.45) is 3.41. The van der Waals surface area contributed by atoms with Crippen LogP contribution in [0.15, 0.2) is 18.3 Å². The Morgan fingerprint density at radius 3 is 2.54 bits per heavy atom. The molecule has 2 bridgehead atoms. The second kappa shape index (κ2) is 10.3. The number of hydrogen-bond acceptors (Lipinski definition) is 6. The Bertz CT molecular complexity index is 1240. The molecule has 2 aromatic rings. The minimum Gasteiger partial charge on any atom is -0.444 e. The molecular formula is C28H38F3N5O3. The van der Waals surface area contributed by atoms with Crippen LogP contribution in [0.1, 0.15) is 96.2 Å². The van der Waals surface area contributed by atoms with Gasteiger partial charge in [-0.3, -0.25) is 4.90 Å². The summed E-state index contributed by atoms with van der Waals surface area (Å²) >= 11 is 0. The summed E-state index contributed by atoms with van der Waals surface area (Å²) in [4.78, 5) is 19.2. The molecule has 8 nitrogen and oxygen atoms in total. The average Bonchev–Trinajstić information content (AvgIpc) is 3.32. The van der Waals surface area contributed by atoms with Gasteiger partial charge in [0.1, 0.15) is 5.60 Å². The fourth-order valence-electron chi connectivity index (χ4n) is 6.25. The number of amides is 1. The number of carbonyl (C=O) groups is 1. The highest BCUT2D eigenvalue weighted by atomic mass is 19.4. The number of ether oxygens (including phenoxy) is 1. The largest absolute Gasteiger partial charge is 0.444 e. The van der Waals surface area contributed by atoms with E-state index in [1.807, 2.05) is 30.2 Å². The monoisotopic (exact) mass is 549 g/mol. The quantitative estimate of drug-likeness (QED) is 0.471. The van der Waals surface area contributed by atoms with Crippen molar-refractivity contribution >= 4 is 23.1 Å². The summed E-state index contributed by atoms with van der Waals surface area (Å²) in [6.45, 7) is 7.06. The third-order valence-corrected chi connectivity index (χ3v) is 7.92. The van der Waals surface area contributed by atoms with Crippen LogP contribution in [0.5, 0.6) is 0 Å². The van der Waals surface area contributed by atoms with Crippen molar-refractivity contribution < 1.29 is 27.8 Å². The lowest BCUT2D eigenvalue weighted by atomic mass is 9.85. The van der Waals surface area contributed by atoms with Gasteiger partial charge in [-0.25, -0.2) is 14.3 Å². The number of aliphatic hydroxyl groups excluding tert-OH is 1. The smallest absolute Gasteiger partial charge is 0.411 e. The molecule has 3 atom stereocenters. The van der Waals surface area contributed by atoms with Crippen molar-refractivity contribution in [1.29, 1.82) is 0 Å². The third-order valence-electron chi connectivity index (χ3n) is 7.92. The summed E-state index contributed by atoms with van der Waals surface area (Å²) in [5, 5.41) is 17.5. The van der Waals surface area contributed by atoms with Crippen molar-refractivity contribution in [2.45, 2.75) is 121 Å². The van der Waals surface area contributed by atoms with Crippen molar-refractivity contribution in [3.8, 4) is 0 Å². The predicted octanol–water partition coefficient (Wildman–Crippen LogP) is 6.06. The van der Waals surface area contributed by atoms with Crippen LogP contribution in [0.3, 0.4) is 0 Å². The number of hydrogen-bond donors (Lipinski definition) is 2. The van der Waals surface area contributed by atoms with Crippen LogP contribution in [0.2, 0.25) is 0 Å². The zero-order chi connectivity index (χ0) is 28.1. The molecule has 1 saturated heterocycles. The van der Waals surface area contributed by atoms with Gasteiger partial charge in [-0.15, -0.1) is 5.10 Å². The Kier molecular flexibility index (Phi) is 7.32. The van der Waals surface area contributed by atoms with Gasteiger partial charge in [0.15, 0.2) is 0 Å². The molecule has 39 heavy (non-hydrogen) atoms. The van der Waals surface area contributed by atoms with Crippen LogP contribution < -0.4 is 5.32 Å². The molecular weight excluding hydrogens is 511 g/mol. The first-order chi connectivity index (χ1) is 18.3. The number of nitrogens with one attached hydrogen (secondary N) is 1. The summed E-state index contributed by atoms with van der Waals surface area (Å²) in [5.74, 6) is 0.316. The van der Waals surface area contributed by atoms with Crippen molar-refractivity contribution in [1.82, 2.24) is 19.5 Å². The van der Waals surface area contributed by atoms with E-state index in [0.717, 1.165) is 48.0 Å². The molecule has 2 fully saturated rings. The fraction of sp³-hybridized carbons (Fsp3) is 0.679. The highest BCUT2D eigenvalue weighted by molar-refractivity contribution is 5.82. The molecule has 5 rings (SSSR count). The minimum atomic E-state index is -4.29. The summed E-state index contributed by atoms with van der Waals surface area (Å²) < 4.78 is 46.2. The second-order valence-corrected chi connectivity index (χ2v) is 12.3. The molecule has 0 aromatic carbocycles. The zero-order valence-corrected chi connectivity index (χ0v) is 23.0. The van der Waals surface area contributed by atoms with E-state index < -0.39 is 24.2 Å². The number of nitrogens with zero attached hydrogens (tertiary/aromatic N) is 4. The van der Waals surface area contributed by atoms with E-state index in [1.165, 1.54) is 6.92 Å². The number of rotatable bonds is 5. The lowest BCUT2D eigenvalue weighted by Crippen LogP contribution is -2.45. The van der Waals surface area contributed by atoms with Crippen LogP contribution in [0, 0.1) is 0 Å². The van der Waals surface area contributed by atoms with E-state index in [-0.39, 0.29) is 36.1 Å². The topological polar surface area (TPSA) is 92.0 Å². The van der Waals surface area contributed by atoms with Crippen LogP contribution in [-0.2, 0) is 4.74 Å². The number of aromatic nitrogens is 3. The van der Waals surface area contributed by atoms with Gasteiger partial charge < -0.3 is 15.2 Å². The first-order valence-corrected chi connectivity index (χ1v) is 13.9. The Labute approximate surface area is 226 Å². The molecule has 214 valence electrons. The van der Waals surface area contributed by atoms with Gasteiger partial charge in [-0.2, -0.15) is 13.2 Å². The first-order valence-electron chi connectivity index (χ1n) is 13.9. The number of anilines is 1. The molecule has 1 aliphatic carbocycles. The Morgan fingerprint density at radius 2 is 1.90 bits per heavy atom. The van der Waals surface area contributed by atoms with Crippen molar-refractivity contribution in [2.24, 2.45) is 0 Å². The molecule has 11 heteroatoms. The Morgan fingerprint density at radius 1 is 1.18 bits per heavy atom. The molecule has 0 radical (unpaired) electrons. The zero-order valence-electron chi connectivity index (χ0n) is 23.0. The van der Waals surface area contributed by atoms with Gasteiger partial charge >= 0.3 is 12.3 Å². The van der Waals surface area contributed by atoms with Crippen LogP contribution in [-0.4, -0.2) is 66.7 Å². The van der Waals surface area contributed by atoms with E-state index in [9.17, 15) is 23.1 Å². The summed E-state index contributed by atoms with van der Waals surface area (Å²) in [5.41, 5.74) is 3.32. The highest BCUT2D eigenvalue weighted by Crippen LogP contribution is 2.43. The van der Waals surface area contributed by atoms with Crippen LogP contribution in [0.25, 0.3) is 11.1 Å². The Balaban J connectivity index is 1.48. The van der Waals surface area contributed by atoms with E-state index in [1.54, 1.807) is 6.20 Å². The van der Waals surface area contributed by atoms with Gasteiger partial charge in [0, 0.05) is 29.3 Å².